The van der Waals surface area contributed by atoms with E-state index in [0.29, 0.717) is 23.9 Å². The lowest BCUT2D eigenvalue weighted by Gasteiger charge is -2.32. The zero-order valence-corrected chi connectivity index (χ0v) is 12.6. The highest BCUT2D eigenvalue weighted by molar-refractivity contribution is 5.91. The van der Waals surface area contributed by atoms with E-state index in [4.69, 9.17) is 4.52 Å². The molecule has 0 aromatic carbocycles. The van der Waals surface area contributed by atoms with Gasteiger partial charge in [0.05, 0.1) is 12.2 Å². The fourth-order valence-corrected chi connectivity index (χ4v) is 3.79. The summed E-state index contributed by atoms with van der Waals surface area (Å²) in [5, 5.41) is 15.8. The molecule has 0 spiro atoms. The van der Waals surface area contributed by atoms with E-state index in [9.17, 15) is 14.7 Å². The molecule has 7 nitrogen and oxygen atoms in total. The molecule has 1 aliphatic heterocycles. The maximum atomic E-state index is 12.2. The number of fused-ring (bicyclic) bond motifs is 1. The van der Waals surface area contributed by atoms with Crippen molar-refractivity contribution in [2.75, 3.05) is 11.9 Å². The molecule has 120 valence electrons. The molecule has 0 bridgehead atoms. The van der Waals surface area contributed by atoms with Crippen LogP contribution in [0.15, 0.2) is 10.6 Å². The molecule has 2 aliphatic rings. The zero-order chi connectivity index (χ0) is 15.7. The Kier molecular flexibility index (Phi) is 4.15. The van der Waals surface area contributed by atoms with Crippen molar-refractivity contribution in [1.82, 2.24) is 10.1 Å². The summed E-state index contributed by atoms with van der Waals surface area (Å²) < 4.78 is 4.96. The lowest BCUT2D eigenvalue weighted by Crippen LogP contribution is -2.46. The van der Waals surface area contributed by atoms with Crippen LogP contribution in [0.4, 0.5) is 5.88 Å². The van der Waals surface area contributed by atoms with Gasteiger partial charge in [0.1, 0.15) is 6.04 Å². The molecule has 2 heterocycles. The van der Waals surface area contributed by atoms with Crippen LogP contribution in [0.1, 0.15) is 37.8 Å². The number of carbonyl (C=O) groups excluding carboxylic acids is 1. The van der Waals surface area contributed by atoms with Gasteiger partial charge in [0, 0.05) is 12.1 Å². The van der Waals surface area contributed by atoms with Crippen LogP contribution in [0.3, 0.4) is 0 Å². The number of hydrogen-bond donors (Lipinski definition) is 2. The summed E-state index contributed by atoms with van der Waals surface area (Å²) in [5.41, 5.74) is 0.687. The first kappa shape index (κ1) is 15.0. The number of aromatic nitrogens is 1. The summed E-state index contributed by atoms with van der Waals surface area (Å²) in [6, 6.07) is 1.28. The van der Waals surface area contributed by atoms with Gasteiger partial charge >= 0.3 is 5.97 Å². The number of carbonyl (C=O) groups is 2. The molecule has 7 heteroatoms. The van der Waals surface area contributed by atoms with Crippen molar-refractivity contribution in [3.05, 3.63) is 11.8 Å². The van der Waals surface area contributed by atoms with Gasteiger partial charge in [-0.05, 0) is 32.1 Å². The van der Waals surface area contributed by atoms with Crippen LogP contribution < -0.4 is 5.32 Å². The lowest BCUT2D eigenvalue weighted by atomic mass is 9.85. The van der Waals surface area contributed by atoms with Crippen molar-refractivity contribution < 1.29 is 19.2 Å². The first-order valence-electron chi connectivity index (χ1n) is 7.76. The number of carboxylic acid groups (broad SMARTS) is 1. The molecular formula is C15H21N3O4. The number of hydrogen-bond acceptors (Lipinski definition) is 5. The molecule has 1 aromatic rings. The lowest BCUT2D eigenvalue weighted by molar-refractivity contribution is -0.143. The summed E-state index contributed by atoms with van der Waals surface area (Å²) >= 11 is 0. The summed E-state index contributed by atoms with van der Waals surface area (Å²) in [6.45, 7) is 1.85. The summed E-state index contributed by atoms with van der Waals surface area (Å²) in [7, 11) is 0. The Bertz CT molecular complexity index is 571. The number of carboxylic acids is 1. The van der Waals surface area contributed by atoms with Gasteiger partial charge in [-0.1, -0.05) is 18.0 Å². The van der Waals surface area contributed by atoms with Gasteiger partial charge < -0.3 is 9.63 Å². The van der Waals surface area contributed by atoms with Crippen LogP contribution >= 0.6 is 0 Å². The molecule has 1 aliphatic carbocycles. The quantitative estimate of drug-likeness (QED) is 0.878. The molecule has 1 aromatic heterocycles. The van der Waals surface area contributed by atoms with E-state index >= 15 is 0 Å². The fourth-order valence-electron chi connectivity index (χ4n) is 3.79. The average Bonchev–Trinajstić information content (AvgIpc) is 3.03. The van der Waals surface area contributed by atoms with Crippen molar-refractivity contribution in [3.63, 3.8) is 0 Å². The Hall–Kier alpha value is -1.89. The average molecular weight is 307 g/mol. The molecule has 2 N–H and O–H groups in total. The first-order valence-corrected chi connectivity index (χ1v) is 7.76. The highest BCUT2D eigenvalue weighted by atomic mass is 16.5. The van der Waals surface area contributed by atoms with Crippen LogP contribution in [-0.2, 0) is 9.59 Å². The van der Waals surface area contributed by atoms with E-state index in [1.807, 2.05) is 4.90 Å². The summed E-state index contributed by atoms with van der Waals surface area (Å²) in [6.07, 6.45) is 4.95. The highest BCUT2D eigenvalue weighted by Gasteiger charge is 2.45. The van der Waals surface area contributed by atoms with E-state index in [-0.39, 0.29) is 18.5 Å². The molecule has 22 heavy (non-hydrogen) atoms. The minimum Gasteiger partial charge on any atom is -0.480 e. The Balaban J connectivity index is 1.67. The van der Waals surface area contributed by atoms with E-state index in [2.05, 4.69) is 10.5 Å². The maximum Gasteiger partial charge on any atom is 0.320 e. The molecule has 3 rings (SSSR count). The van der Waals surface area contributed by atoms with Gasteiger partial charge in [-0.3, -0.25) is 19.8 Å². The van der Waals surface area contributed by atoms with E-state index in [0.717, 1.165) is 25.7 Å². The number of nitrogens with zero attached hydrogens (tertiary/aromatic N) is 2. The number of aryl methyl sites for hydroxylation is 1. The number of rotatable bonds is 4. The third-order valence-corrected chi connectivity index (χ3v) is 4.72. The van der Waals surface area contributed by atoms with Crippen molar-refractivity contribution in [1.29, 1.82) is 0 Å². The molecule has 3 atom stereocenters. The van der Waals surface area contributed by atoms with E-state index in [1.165, 1.54) is 0 Å². The van der Waals surface area contributed by atoms with Gasteiger partial charge in [-0.15, -0.1) is 0 Å². The largest absolute Gasteiger partial charge is 0.480 e. The van der Waals surface area contributed by atoms with Crippen molar-refractivity contribution in [2.24, 2.45) is 5.92 Å². The van der Waals surface area contributed by atoms with Crippen molar-refractivity contribution in [3.8, 4) is 0 Å². The topological polar surface area (TPSA) is 95.7 Å². The highest BCUT2D eigenvalue weighted by Crippen LogP contribution is 2.39. The maximum absolute atomic E-state index is 12.2. The van der Waals surface area contributed by atoms with Crippen LogP contribution in [0.2, 0.25) is 0 Å². The normalized spacial score (nSPS) is 28.3. The zero-order valence-electron chi connectivity index (χ0n) is 12.6. The van der Waals surface area contributed by atoms with Gasteiger partial charge in [0.25, 0.3) is 0 Å². The molecule has 1 saturated carbocycles. The second-order valence-corrected chi connectivity index (χ2v) is 6.25. The summed E-state index contributed by atoms with van der Waals surface area (Å²) in [4.78, 5) is 25.5. The van der Waals surface area contributed by atoms with E-state index < -0.39 is 12.0 Å². The third kappa shape index (κ3) is 2.99. The number of nitrogens with one attached hydrogen (secondary N) is 1. The third-order valence-electron chi connectivity index (χ3n) is 4.72. The Labute approximate surface area is 128 Å². The summed E-state index contributed by atoms with van der Waals surface area (Å²) in [5.74, 6) is -0.393. The SMILES string of the molecule is Cc1cc(NC(=O)CN2[C@@H]3CCCC[C@H]3C[C@H]2C(=O)O)on1. The molecule has 0 radical (unpaired) electrons. The molecule has 1 amide bonds. The van der Waals surface area contributed by atoms with Crippen LogP contribution in [0, 0.1) is 12.8 Å². The molecule has 0 unspecified atom stereocenters. The van der Waals surface area contributed by atoms with Gasteiger partial charge in [0.2, 0.25) is 11.8 Å². The van der Waals surface area contributed by atoms with Crippen molar-refractivity contribution >= 4 is 17.8 Å². The van der Waals surface area contributed by atoms with E-state index in [1.54, 1.807) is 13.0 Å². The van der Waals surface area contributed by atoms with Gasteiger partial charge in [-0.25, -0.2) is 0 Å². The number of anilines is 1. The minimum absolute atomic E-state index is 0.0812. The monoisotopic (exact) mass is 307 g/mol. The standard InChI is InChI=1S/C15H21N3O4/c1-9-6-14(22-17-9)16-13(19)8-18-11-5-3-2-4-10(11)7-12(18)15(20)21/h6,10-12H,2-5,7-8H2,1H3,(H,16,19)(H,20,21)/t10-,11+,12-/m0/s1. The predicted octanol–water partition coefficient (Wildman–Crippen LogP) is 1.64. The van der Waals surface area contributed by atoms with Crippen molar-refractivity contribution in [2.45, 2.75) is 51.1 Å². The second-order valence-electron chi connectivity index (χ2n) is 6.25. The van der Waals surface area contributed by atoms with Gasteiger partial charge in [-0.2, -0.15) is 0 Å². The Morgan fingerprint density at radius 3 is 2.91 bits per heavy atom. The van der Waals surface area contributed by atoms with Gasteiger partial charge in [0.15, 0.2) is 0 Å². The second kappa shape index (κ2) is 6.08. The molecular weight excluding hydrogens is 286 g/mol. The predicted molar refractivity (Wildman–Crippen MR) is 78.4 cm³/mol. The fraction of sp³-hybridized carbons (Fsp3) is 0.667. The van der Waals surface area contributed by atoms with Crippen LogP contribution in [-0.4, -0.2) is 45.7 Å². The Morgan fingerprint density at radius 2 is 2.23 bits per heavy atom. The number of aliphatic carboxylic acids is 1. The van der Waals surface area contributed by atoms with Crippen LogP contribution in [0.5, 0.6) is 0 Å². The smallest absolute Gasteiger partial charge is 0.320 e. The van der Waals surface area contributed by atoms with Crippen LogP contribution in [0.25, 0.3) is 0 Å². The number of amides is 1. The Morgan fingerprint density at radius 1 is 1.45 bits per heavy atom. The molecule has 1 saturated heterocycles. The molecule has 2 fully saturated rings. The minimum atomic E-state index is -0.835. The first-order chi connectivity index (χ1) is 10.5. The number of likely N-dealkylation sites (tertiary alicyclic amines) is 1.